The Labute approximate surface area is 102 Å². The van der Waals surface area contributed by atoms with Crippen LogP contribution in [-0.2, 0) is 0 Å². The average molecular weight is 306 g/mol. The summed E-state index contributed by atoms with van der Waals surface area (Å²) in [6.07, 6.45) is 0. The quantitative estimate of drug-likeness (QED) is 0.615. The lowest BCUT2D eigenvalue weighted by Crippen LogP contribution is -2.00. The Kier molecular flexibility index (Phi) is 3.02. The molecule has 0 unspecified atom stereocenters. The number of benzene rings is 1. The van der Waals surface area contributed by atoms with E-state index < -0.39 is 0 Å². The minimum atomic E-state index is -0.00892. The highest BCUT2D eigenvalue weighted by atomic mass is 127. The first-order chi connectivity index (χ1) is 7.27. The summed E-state index contributed by atoms with van der Waals surface area (Å²) in [7, 11) is 0. The molecular weight excluding hydrogens is 299 g/mol. The molecule has 0 amide bonds. The van der Waals surface area contributed by atoms with Gasteiger partial charge in [-0.3, -0.25) is 4.79 Å². The normalized spacial score (nSPS) is 9.40. The van der Waals surface area contributed by atoms with Crippen molar-refractivity contribution in [1.82, 2.24) is 0 Å². The summed E-state index contributed by atoms with van der Waals surface area (Å²) in [6, 6.07) is 18.5. The zero-order valence-corrected chi connectivity index (χ0v) is 9.99. The highest BCUT2D eigenvalue weighted by molar-refractivity contribution is 14.1. The van der Waals surface area contributed by atoms with Gasteiger partial charge < -0.3 is 0 Å². The molecular formula is C13H7IO. The predicted octanol–water partition coefficient (Wildman–Crippen LogP) is 3.12. The maximum Gasteiger partial charge on any atom is 0.201 e. The lowest BCUT2D eigenvalue weighted by molar-refractivity contribution is 0.103. The zero-order valence-electron chi connectivity index (χ0n) is 7.83. The summed E-state index contributed by atoms with van der Waals surface area (Å²) in [4.78, 5) is 11.9. The van der Waals surface area contributed by atoms with E-state index in [0.717, 1.165) is 3.57 Å². The van der Waals surface area contributed by atoms with Crippen molar-refractivity contribution in [1.29, 1.82) is 0 Å². The maximum absolute atomic E-state index is 11.9. The lowest BCUT2D eigenvalue weighted by Gasteiger charge is -1.98. The van der Waals surface area contributed by atoms with Crippen molar-refractivity contribution < 1.29 is 4.79 Å². The Hall–Kier alpha value is -1.34. The van der Waals surface area contributed by atoms with Crippen LogP contribution in [0.3, 0.4) is 0 Å². The van der Waals surface area contributed by atoms with Crippen molar-refractivity contribution in [2.24, 2.45) is 0 Å². The summed E-state index contributed by atoms with van der Waals surface area (Å²) in [5.74, 6) is -0.00892. The molecule has 2 heteroatoms. The average Bonchev–Trinajstić information content (AvgIpc) is 2.29. The first-order valence-electron chi connectivity index (χ1n) is 4.46. The maximum atomic E-state index is 11.9. The van der Waals surface area contributed by atoms with Gasteiger partial charge in [0.2, 0.25) is 5.78 Å². The minimum absolute atomic E-state index is 0.00892. The van der Waals surface area contributed by atoms with Gasteiger partial charge in [0, 0.05) is 15.2 Å². The molecule has 0 heterocycles. The van der Waals surface area contributed by atoms with Crippen LogP contribution in [0.2, 0.25) is 0 Å². The second-order valence-corrected chi connectivity index (χ2v) is 4.30. The van der Waals surface area contributed by atoms with Crippen molar-refractivity contribution >= 4 is 28.4 Å². The highest BCUT2D eigenvalue weighted by Crippen LogP contribution is 2.10. The minimum Gasteiger partial charge on any atom is -0.288 e. The van der Waals surface area contributed by atoms with Gasteiger partial charge in [-0.05, 0) is 28.7 Å². The van der Waals surface area contributed by atoms with Crippen LogP contribution in [0, 0.1) is 15.7 Å². The molecule has 0 saturated carbocycles. The molecule has 0 fully saturated rings. The molecule has 0 N–H and O–H groups in total. The Morgan fingerprint density at radius 3 is 2.60 bits per heavy atom. The fourth-order valence-electron chi connectivity index (χ4n) is 1.27. The molecule has 15 heavy (non-hydrogen) atoms. The van der Waals surface area contributed by atoms with Crippen LogP contribution >= 0.6 is 22.6 Å². The Morgan fingerprint density at radius 2 is 1.93 bits per heavy atom. The summed E-state index contributed by atoms with van der Waals surface area (Å²) < 4.78 is 0.991. The number of carbonyl (C=O) groups is 1. The Balaban J connectivity index is 2.37. The van der Waals surface area contributed by atoms with Crippen molar-refractivity contribution in [3.05, 3.63) is 69.3 Å². The summed E-state index contributed by atoms with van der Waals surface area (Å²) >= 11 is 2.15. The lowest BCUT2D eigenvalue weighted by atomic mass is 10.1. The topological polar surface area (TPSA) is 17.1 Å². The molecule has 0 aliphatic rings. The zero-order chi connectivity index (χ0) is 10.7. The van der Waals surface area contributed by atoms with Crippen LogP contribution in [0.1, 0.15) is 15.9 Å². The number of ketones is 1. The highest BCUT2D eigenvalue weighted by Gasteiger charge is 2.07. The summed E-state index contributed by atoms with van der Waals surface area (Å²) in [5.41, 5.74) is 1.25. The van der Waals surface area contributed by atoms with Gasteiger partial charge in [-0.2, -0.15) is 0 Å². The van der Waals surface area contributed by atoms with E-state index in [0.29, 0.717) is 11.1 Å². The number of halogens is 1. The molecule has 0 aliphatic carbocycles. The van der Waals surface area contributed by atoms with Gasteiger partial charge >= 0.3 is 0 Å². The first-order valence-corrected chi connectivity index (χ1v) is 5.54. The van der Waals surface area contributed by atoms with Gasteiger partial charge in [-0.1, -0.05) is 42.5 Å². The molecule has 0 aromatic heterocycles. The predicted molar refractivity (Wildman–Crippen MR) is 66.7 cm³/mol. The third-order valence-electron chi connectivity index (χ3n) is 1.98. The van der Waals surface area contributed by atoms with Gasteiger partial charge in [-0.15, -0.1) is 0 Å². The third-order valence-corrected chi connectivity index (χ3v) is 2.60. The van der Waals surface area contributed by atoms with Gasteiger partial charge in [0.25, 0.3) is 0 Å². The largest absolute Gasteiger partial charge is 0.288 e. The molecule has 1 nitrogen and oxygen atoms in total. The number of hydrogen-bond acceptors (Lipinski definition) is 1. The monoisotopic (exact) mass is 306 g/mol. The fraction of sp³-hybridized carbons (Fsp3) is 0. The molecule has 0 bridgehead atoms. The van der Waals surface area contributed by atoms with Crippen molar-refractivity contribution in [2.45, 2.75) is 0 Å². The fourth-order valence-corrected chi connectivity index (χ4v) is 1.73. The van der Waals surface area contributed by atoms with Crippen molar-refractivity contribution in [2.75, 3.05) is 0 Å². The van der Waals surface area contributed by atoms with Gasteiger partial charge in [0.15, 0.2) is 0 Å². The third kappa shape index (κ3) is 2.37. The van der Waals surface area contributed by atoms with Gasteiger partial charge in [-0.25, -0.2) is 0 Å². The van der Waals surface area contributed by atoms with E-state index in [1.165, 1.54) is 0 Å². The van der Waals surface area contributed by atoms with E-state index in [4.69, 9.17) is 0 Å². The van der Waals surface area contributed by atoms with Crippen LogP contribution in [0.15, 0.2) is 42.5 Å². The van der Waals surface area contributed by atoms with E-state index >= 15 is 0 Å². The van der Waals surface area contributed by atoms with Gasteiger partial charge in [0.1, 0.15) is 0 Å². The van der Waals surface area contributed by atoms with E-state index in [9.17, 15) is 4.79 Å². The van der Waals surface area contributed by atoms with E-state index in [-0.39, 0.29) is 5.78 Å². The molecule has 2 aromatic carbocycles. The molecule has 2 aromatic rings. The SMILES string of the molecule is O=C(c1c#ccc(I)c1)c1ccccc1. The van der Waals surface area contributed by atoms with Crippen molar-refractivity contribution in [3.63, 3.8) is 0 Å². The molecule has 0 spiro atoms. The van der Waals surface area contributed by atoms with Crippen LogP contribution in [-0.4, -0.2) is 5.78 Å². The van der Waals surface area contributed by atoms with Crippen LogP contribution < -0.4 is 0 Å². The second-order valence-electron chi connectivity index (χ2n) is 3.05. The molecule has 0 radical (unpaired) electrons. The first kappa shape index (κ1) is 10.2. The van der Waals surface area contributed by atoms with E-state index in [2.05, 4.69) is 34.7 Å². The molecule has 0 atom stereocenters. The molecule has 72 valence electrons. The van der Waals surface area contributed by atoms with Gasteiger partial charge in [0.05, 0.1) is 5.56 Å². The van der Waals surface area contributed by atoms with Crippen LogP contribution in [0.25, 0.3) is 0 Å². The van der Waals surface area contributed by atoms with Crippen molar-refractivity contribution in [3.8, 4) is 0 Å². The van der Waals surface area contributed by atoms with Crippen LogP contribution in [0.4, 0.5) is 0 Å². The summed E-state index contributed by atoms with van der Waals surface area (Å²) in [6.45, 7) is 0. The van der Waals surface area contributed by atoms with Crippen LogP contribution in [0.5, 0.6) is 0 Å². The smallest absolute Gasteiger partial charge is 0.201 e. The standard InChI is InChI=1S/C13H7IO/c14-12-8-4-7-11(9-12)13(15)10-5-2-1-3-6-10/h1-3,5-6,8-9H. The van der Waals surface area contributed by atoms with E-state index in [1.54, 1.807) is 18.2 Å². The second kappa shape index (κ2) is 4.45. The molecule has 2 rings (SSSR count). The Bertz CT molecular complexity index is 477. The van der Waals surface area contributed by atoms with E-state index in [1.807, 2.05) is 24.3 Å². The summed E-state index contributed by atoms with van der Waals surface area (Å²) in [5, 5.41) is 0. The number of rotatable bonds is 2. The number of carbonyl (C=O) groups excluding carboxylic acids is 1. The number of hydrogen-bond donors (Lipinski definition) is 0. The Morgan fingerprint density at radius 1 is 1.20 bits per heavy atom. The molecule has 0 aliphatic heterocycles. The molecule has 0 saturated heterocycles.